The van der Waals surface area contributed by atoms with Crippen LogP contribution in [-0.4, -0.2) is 38.3 Å². The first kappa shape index (κ1) is 21.8. The monoisotopic (exact) mass is 404 g/mol. The highest BCUT2D eigenvalue weighted by molar-refractivity contribution is 7.92. The molecular formula is C21H25FN2O3S. The van der Waals surface area contributed by atoms with Crippen molar-refractivity contribution < 1.29 is 17.6 Å². The van der Waals surface area contributed by atoms with Gasteiger partial charge in [0.25, 0.3) is 0 Å². The molecule has 2 rings (SSSR count). The predicted molar refractivity (Wildman–Crippen MR) is 109 cm³/mol. The van der Waals surface area contributed by atoms with E-state index in [1.165, 1.54) is 22.5 Å². The van der Waals surface area contributed by atoms with Crippen LogP contribution in [0.1, 0.15) is 24.5 Å². The number of carbonyl (C=O) groups is 1. The van der Waals surface area contributed by atoms with Gasteiger partial charge in [-0.15, -0.1) is 0 Å². The maximum Gasteiger partial charge on any atom is 0.236 e. The number of nitrogens with one attached hydrogen (secondary N) is 1. The fraction of sp³-hybridized carbons (Fsp3) is 0.286. The van der Waals surface area contributed by atoms with Crippen molar-refractivity contribution in [3.63, 3.8) is 0 Å². The highest BCUT2D eigenvalue weighted by atomic mass is 32.2. The molecule has 5 nitrogen and oxygen atoms in total. The SMILES string of the molecule is CCCN(CC(=O)NCCc1ccc(F)cc1)S(=O)(=O)C=Cc1ccccc1. The Bertz CT molecular complexity index is 882. The number of benzene rings is 2. The maximum absolute atomic E-state index is 12.9. The standard InChI is InChI=1S/C21H25FN2O3S/c1-2-15-24(28(26,27)16-13-18-6-4-3-5-7-18)17-21(25)23-14-12-19-8-10-20(22)11-9-19/h3-11,13,16H,2,12,14-15,17H2,1H3,(H,23,25). The molecule has 7 heteroatoms. The molecule has 28 heavy (non-hydrogen) atoms. The molecule has 150 valence electrons. The largest absolute Gasteiger partial charge is 0.355 e. The molecule has 0 aliphatic rings. The second-order valence-electron chi connectivity index (χ2n) is 6.32. The minimum atomic E-state index is -3.71. The minimum Gasteiger partial charge on any atom is -0.355 e. The first-order valence-corrected chi connectivity index (χ1v) is 10.7. The van der Waals surface area contributed by atoms with E-state index >= 15 is 0 Å². The van der Waals surface area contributed by atoms with E-state index in [1.54, 1.807) is 24.3 Å². The van der Waals surface area contributed by atoms with Crippen LogP contribution in [0.15, 0.2) is 60.0 Å². The van der Waals surface area contributed by atoms with E-state index < -0.39 is 10.0 Å². The van der Waals surface area contributed by atoms with Crippen LogP contribution in [0.5, 0.6) is 0 Å². The quantitative estimate of drug-likeness (QED) is 0.661. The summed E-state index contributed by atoms with van der Waals surface area (Å²) in [5.41, 5.74) is 1.66. The molecule has 2 aromatic carbocycles. The lowest BCUT2D eigenvalue weighted by Crippen LogP contribution is -2.40. The van der Waals surface area contributed by atoms with Gasteiger partial charge in [0.2, 0.25) is 15.9 Å². The van der Waals surface area contributed by atoms with Crippen molar-refractivity contribution in [3.05, 3.63) is 76.9 Å². The zero-order chi connectivity index (χ0) is 20.4. The Morgan fingerprint density at radius 3 is 2.43 bits per heavy atom. The second-order valence-corrected chi connectivity index (χ2v) is 8.14. The van der Waals surface area contributed by atoms with Crippen LogP contribution in [0.2, 0.25) is 0 Å². The van der Waals surface area contributed by atoms with E-state index in [4.69, 9.17) is 0 Å². The van der Waals surface area contributed by atoms with Crippen LogP contribution in [0.3, 0.4) is 0 Å². The van der Waals surface area contributed by atoms with Crippen molar-refractivity contribution in [3.8, 4) is 0 Å². The smallest absolute Gasteiger partial charge is 0.236 e. The van der Waals surface area contributed by atoms with Gasteiger partial charge in [-0.3, -0.25) is 4.79 Å². The van der Waals surface area contributed by atoms with Gasteiger partial charge in [-0.25, -0.2) is 12.8 Å². The Hall–Kier alpha value is -2.51. The zero-order valence-corrected chi connectivity index (χ0v) is 16.7. The van der Waals surface area contributed by atoms with E-state index in [1.807, 2.05) is 25.1 Å². The Labute approximate surface area is 165 Å². The average molecular weight is 405 g/mol. The highest BCUT2D eigenvalue weighted by Gasteiger charge is 2.21. The van der Waals surface area contributed by atoms with Crippen LogP contribution >= 0.6 is 0 Å². The molecule has 0 unspecified atom stereocenters. The van der Waals surface area contributed by atoms with E-state index in [2.05, 4.69) is 5.32 Å². The number of carbonyl (C=O) groups excluding carboxylic acids is 1. The molecule has 0 bridgehead atoms. The summed E-state index contributed by atoms with van der Waals surface area (Å²) in [6.07, 6.45) is 2.66. The molecule has 0 saturated carbocycles. The molecule has 0 atom stereocenters. The molecule has 1 N–H and O–H groups in total. The number of sulfonamides is 1. The van der Waals surface area contributed by atoms with Crippen LogP contribution < -0.4 is 5.32 Å². The summed E-state index contributed by atoms with van der Waals surface area (Å²) in [7, 11) is -3.71. The van der Waals surface area contributed by atoms with Gasteiger partial charge in [-0.1, -0.05) is 49.4 Å². The van der Waals surface area contributed by atoms with Crippen LogP contribution in [0.25, 0.3) is 6.08 Å². The van der Waals surface area contributed by atoms with Crippen molar-refractivity contribution in [2.24, 2.45) is 0 Å². The normalized spacial score (nSPS) is 11.8. The summed E-state index contributed by atoms with van der Waals surface area (Å²) < 4.78 is 39.2. The lowest BCUT2D eigenvalue weighted by molar-refractivity contribution is -0.121. The molecule has 0 aromatic heterocycles. The number of halogens is 1. The molecule has 0 heterocycles. The topological polar surface area (TPSA) is 66.5 Å². The predicted octanol–water partition coefficient (Wildman–Crippen LogP) is 3.20. The number of nitrogens with zero attached hydrogens (tertiary/aromatic N) is 1. The first-order chi connectivity index (χ1) is 13.4. The molecule has 0 saturated heterocycles. The van der Waals surface area contributed by atoms with Gasteiger partial charge in [0.1, 0.15) is 5.82 Å². The molecule has 0 fully saturated rings. The third-order valence-electron chi connectivity index (χ3n) is 4.03. The van der Waals surface area contributed by atoms with E-state index in [-0.39, 0.29) is 24.8 Å². The van der Waals surface area contributed by atoms with Crippen LogP contribution in [-0.2, 0) is 21.2 Å². The van der Waals surface area contributed by atoms with Gasteiger partial charge in [0.15, 0.2) is 0 Å². The zero-order valence-electron chi connectivity index (χ0n) is 15.8. The van der Waals surface area contributed by atoms with E-state index in [0.29, 0.717) is 19.4 Å². The summed E-state index contributed by atoms with van der Waals surface area (Å²) in [6.45, 7) is 2.23. The molecule has 2 aromatic rings. The van der Waals surface area contributed by atoms with Crippen molar-refractivity contribution >= 4 is 22.0 Å². The molecule has 0 aliphatic heterocycles. The first-order valence-electron chi connectivity index (χ1n) is 9.15. The highest BCUT2D eigenvalue weighted by Crippen LogP contribution is 2.09. The van der Waals surface area contributed by atoms with Crippen LogP contribution in [0.4, 0.5) is 4.39 Å². The van der Waals surface area contributed by atoms with Gasteiger partial charge in [-0.05, 0) is 42.2 Å². The van der Waals surface area contributed by atoms with Gasteiger partial charge >= 0.3 is 0 Å². The average Bonchev–Trinajstić information content (AvgIpc) is 2.68. The number of rotatable bonds is 10. The Morgan fingerprint density at radius 1 is 1.11 bits per heavy atom. The third-order valence-corrected chi connectivity index (χ3v) is 5.55. The fourth-order valence-corrected chi connectivity index (χ4v) is 3.81. The molecule has 0 radical (unpaired) electrons. The third kappa shape index (κ3) is 7.25. The minimum absolute atomic E-state index is 0.237. The Balaban J connectivity index is 1.91. The summed E-state index contributed by atoms with van der Waals surface area (Å²) in [5.74, 6) is -0.677. The van der Waals surface area contributed by atoms with Crippen molar-refractivity contribution in [2.75, 3.05) is 19.6 Å². The van der Waals surface area contributed by atoms with Gasteiger partial charge < -0.3 is 5.32 Å². The van der Waals surface area contributed by atoms with Gasteiger partial charge in [0, 0.05) is 18.5 Å². The van der Waals surface area contributed by atoms with Gasteiger partial charge in [-0.2, -0.15) is 4.31 Å². The van der Waals surface area contributed by atoms with E-state index in [9.17, 15) is 17.6 Å². The lowest BCUT2D eigenvalue weighted by atomic mass is 10.1. The van der Waals surface area contributed by atoms with Gasteiger partial charge in [0.05, 0.1) is 6.54 Å². The summed E-state index contributed by atoms with van der Waals surface area (Å²) in [5, 5.41) is 3.85. The lowest BCUT2D eigenvalue weighted by Gasteiger charge is -2.19. The number of amides is 1. The maximum atomic E-state index is 12.9. The Morgan fingerprint density at radius 2 is 1.79 bits per heavy atom. The molecular weight excluding hydrogens is 379 g/mol. The fourth-order valence-electron chi connectivity index (χ4n) is 2.57. The van der Waals surface area contributed by atoms with Crippen LogP contribution in [0, 0.1) is 5.82 Å². The summed E-state index contributed by atoms with van der Waals surface area (Å²) in [6, 6.07) is 15.2. The molecule has 0 spiro atoms. The Kier molecular flexibility index (Phi) is 8.35. The summed E-state index contributed by atoms with van der Waals surface area (Å²) >= 11 is 0. The summed E-state index contributed by atoms with van der Waals surface area (Å²) in [4.78, 5) is 12.2. The molecule has 1 amide bonds. The van der Waals surface area contributed by atoms with E-state index in [0.717, 1.165) is 16.5 Å². The number of hydrogen-bond donors (Lipinski definition) is 1. The van der Waals surface area contributed by atoms with Crippen molar-refractivity contribution in [2.45, 2.75) is 19.8 Å². The second kappa shape index (κ2) is 10.7. The molecule has 0 aliphatic carbocycles. The van der Waals surface area contributed by atoms with Crippen molar-refractivity contribution in [1.82, 2.24) is 9.62 Å². The number of hydrogen-bond acceptors (Lipinski definition) is 3. The van der Waals surface area contributed by atoms with Crippen molar-refractivity contribution in [1.29, 1.82) is 0 Å².